The number of thiophene rings is 2. The van der Waals surface area contributed by atoms with Crippen LogP contribution in [-0.4, -0.2) is 0 Å². The minimum absolute atomic E-state index is 0.183. The molecule has 0 N–H and O–H groups in total. The summed E-state index contributed by atoms with van der Waals surface area (Å²) in [6.45, 7) is 3.54. The van der Waals surface area contributed by atoms with Crippen LogP contribution in [0.3, 0.4) is 0 Å². The molecule has 0 saturated heterocycles. The zero-order valence-electron chi connectivity index (χ0n) is 10.9. The first kappa shape index (κ1) is 12.2. The fourth-order valence-electron chi connectivity index (χ4n) is 2.50. The van der Waals surface area contributed by atoms with Crippen molar-refractivity contribution in [2.75, 3.05) is 0 Å². The van der Waals surface area contributed by atoms with E-state index in [0.717, 1.165) is 29.6 Å². The third kappa shape index (κ3) is 1.55. The average molecular weight is 304 g/mol. The van der Waals surface area contributed by atoms with Crippen LogP contribution >= 0.6 is 22.7 Å². The van der Waals surface area contributed by atoms with Gasteiger partial charge in [0.25, 0.3) is 0 Å². The number of hydrogen-bond donors (Lipinski definition) is 0. The highest BCUT2D eigenvalue weighted by Crippen LogP contribution is 2.45. The lowest BCUT2D eigenvalue weighted by Crippen LogP contribution is -1.79. The third-order valence-corrected chi connectivity index (χ3v) is 6.14. The Bertz CT molecular complexity index is 911. The molecular weight excluding hydrogens is 294 g/mol. The van der Waals surface area contributed by atoms with Gasteiger partial charge in [-0.1, -0.05) is 0 Å². The smallest absolute Gasteiger partial charge is 0.126 e. The summed E-state index contributed by atoms with van der Waals surface area (Å²) in [7, 11) is 0. The molecule has 2 aromatic carbocycles. The minimum Gasteiger partial charge on any atom is -0.207 e. The van der Waals surface area contributed by atoms with Crippen LogP contribution in [0, 0.1) is 25.5 Å². The molecule has 0 aliphatic heterocycles. The molecule has 2 heterocycles. The van der Waals surface area contributed by atoms with Gasteiger partial charge in [0.05, 0.1) is 9.40 Å². The quantitative estimate of drug-likeness (QED) is 0.365. The standard InChI is InChI=1S/C16H10F2S2/c1-7-3-13-9(5-11(7)17)15-16(19-13)10-6-12(18)8(2)4-14(10)20-15/h3-6H,1-2H3. The van der Waals surface area contributed by atoms with Gasteiger partial charge in [-0.25, -0.2) is 8.78 Å². The normalized spacial score (nSPS) is 12.0. The Morgan fingerprint density at radius 1 is 0.700 bits per heavy atom. The van der Waals surface area contributed by atoms with Crippen LogP contribution in [0.15, 0.2) is 24.3 Å². The van der Waals surface area contributed by atoms with Crippen LogP contribution in [0.4, 0.5) is 8.78 Å². The number of hydrogen-bond acceptors (Lipinski definition) is 2. The zero-order valence-corrected chi connectivity index (χ0v) is 12.5. The summed E-state index contributed by atoms with van der Waals surface area (Å²) in [6, 6.07) is 6.95. The molecular formula is C16H10F2S2. The van der Waals surface area contributed by atoms with E-state index in [-0.39, 0.29) is 11.6 Å². The fraction of sp³-hybridized carbons (Fsp3) is 0.125. The molecule has 4 rings (SSSR count). The number of rotatable bonds is 0. The van der Waals surface area contributed by atoms with Crippen LogP contribution in [0.1, 0.15) is 11.1 Å². The van der Waals surface area contributed by atoms with Crippen LogP contribution in [0.5, 0.6) is 0 Å². The van der Waals surface area contributed by atoms with Crippen molar-refractivity contribution < 1.29 is 8.78 Å². The van der Waals surface area contributed by atoms with E-state index in [2.05, 4.69) is 0 Å². The van der Waals surface area contributed by atoms with Gasteiger partial charge < -0.3 is 0 Å². The Labute approximate surface area is 122 Å². The van der Waals surface area contributed by atoms with Crippen molar-refractivity contribution in [1.29, 1.82) is 0 Å². The van der Waals surface area contributed by atoms with E-state index in [1.54, 1.807) is 48.7 Å². The van der Waals surface area contributed by atoms with Crippen molar-refractivity contribution in [3.8, 4) is 0 Å². The maximum absolute atomic E-state index is 13.8. The van der Waals surface area contributed by atoms with Crippen molar-refractivity contribution in [3.05, 3.63) is 47.0 Å². The maximum Gasteiger partial charge on any atom is 0.126 e. The second-order valence-electron chi connectivity index (χ2n) is 5.06. The summed E-state index contributed by atoms with van der Waals surface area (Å²) in [6.07, 6.45) is 0. The van der Waals surface area contributed by atoms with Crippen molar-refractivity contribution in [2.45, 2.75) is 13.8 Å². The van der Waals surface area contributed by atoms with Crippen molar-refractivity contribution in [1.82, 2.24) is 0 Å². The Balaban J connectivity index is 2.22. The third-order valence-electron chi connectivity index (χ3n) is 3.64. The lowest BCUT2D eigenvalue weighted by Gasteiger charge is -1.97. The molecule has 4 heteroatoms. The maximum atomic E-state index is 13.8. The summed E-state index contributed by atoms with van der Waals surface area (Å²) in [4.78, 5) is 0. The van der Waals surface area contributed by atoms with E-state index in [0.29, 0.717) is 11.1 Å². The number of halogens is 2. The van der Waals surface area contributed by atoms with Gasteiger partial charge in [-0.05, 0) is 49.2 Å². The summed E-state index contributed by atoms with van der Waals surface area (Å²) in [5, 5.41) is 1.87. The van der Waals surface area contributed by atoms with E-state index in [4.69, 9.17) is 0 Å². The first-order chi connectivity index (χ1) is 9.54. The van der Waals surface area contributed by atoms with E-state index >= 15 is 0 Å². The number of benzene rings is 2. The van der Waals surface area contributed by atoms with Crippen molar-refractivity contribution >= 4 is 52.2 Å². The minimum atomic E-state index is -0.183. The monoisotopic (exact) mass is 304 g/mol. The second kappa shape index (κ2) is 3.99. The molecule has 0 saturated carbocycles. The number of aryl methyl sites for hydroxylation is 2. The Hall–Kier alpha value is -1.52. The molecule has 0 amide bonds. The molecule has 0 aliphatic rings. The molecule has 20 heavy (non-hydrogen) atoms. The Morgan fingerprint density at radius 2 is 1.10 bits per heavy atom. The summed E-state index contributed by atoms with van der Waals surface area (Å²) in [5.41, 5.74) is 1.30. The highest BCUT2D eigenvalue weighted by molar-refractivity contribution is 7.36. The van der Waals surface area contributed by atoms with Gasteiger partial charge in [0.2, 0.25) is 0 Å². The molecule has 4 aromatic rings. The first-order valence-corrected chi connectivity index (χ1v) is 7.89. The van der Waals surface area contributed by atoms with E-state index in [1.165, 1.54) is 0 Å². The van der Waals surface area contributed by atoms with E-state index in [9.17, 15) is 8.78 Å². The lowest BCUT2D eigenvalue weighted by atomic mass is 10.1. The van der Waals surface area contributed by atoms with Crippen LogP contribution < -0.4 is 0 Å². The van der Waals surface area contributed by atoms with Crippen LogP contribution in [0.2, 0.25) is 0 Å². The van der Waals surface area contributed by atoms with Gasteiger partial charge in [-0.3, -0.25) is 0 Å². The summed E-state index contributed by atoms with van der Waals surface area (Å²) < 4.78 is 31.8. The average Bonchev–Trinajstić information content (AvgIpc) is 2.88. The predicted molar refractivity (Wildman–Crippen MR) is 84.1 cm³/mol. The highest BCUT2D eigenvalue weighted by atomic mass is 32.1. The fourth-order valence-corrected chi connectivity index (χ4v) is 5.30. The Morgan fingerprint density at radius 3 is 1.50 bits per heavy atom. The molecule has 0 spiro atoms. The van der Waals surface area contributed by atoms with Gasteiger partial charge in [0.15, 0.2) is 0 Å². The summed E-state index contributed by atoms with van der Waals surface area (Å²) in [5.74, 6) is -0.367. The first-order valence-electron chi connectivity index (χ1n) is 6.25. The van der Waals surface area contributed by atoms with Crippen LogP contribution in [0.25, 0.3) is 29.6 Å². The van der Waals surface area contributed by atoms with E-state index in [1.807, 2.05) is 12.1 Å². The predicted octanol–water partition coefficient (Wildman–Crippen LogP) is 6.16. The topological polar surface area (TPSA) is 0 Å². The zero-order chi connectivity index (χ0) is 14.0. The second-order valence-corrected chi connectivity index (χ2v) is 7.16. The lowest BCUT2D eigenvalue weighted by molar-refractivity contribution is 0.620. The molecule has 0 unspecified atom stereocenters. The molecule has 0 radical (unpaired) electrons. The van der Waals surface area contributed by atoms with Crippen molar-refractivity contribution in [3.63, 3.8) is 0 Å². The van der Waals surface area contributed by atoms with E-state index < -0.39 is 0 Å². The molecule has 0 nitrogen and oxygen atoms in total. The van der Waals surface area contributed by atoms with Gasteiger partial charge in [-0.2, -0.15) is 0 Å². The molecule has 0 fully saturated rings. The largest absolute Gasteiger partial charge is 0.207 e. The van der Waals surface area contributed by atoms with Gasteiger partial charge >= 0.3 is 0 Å². The molecule has 100 valence electrons. The van der Waals surface area contributed by atoms with Crippen LogP contribution in [-0.2, 0) is 0 Å². The summed E-state index contributed by atoms with van der Waals surface area (Å²) >= 11 is 3.22. The highest BCUT2D eigenvalue weighted by Gasteiger charge is 2.15. The SMILES string of the molecule is Cc1cc2sc3c4cc(F)c(C)cc4sc3c2cc1F. The molecule has 0 aliphatic carbocycles. The van der Waals surface area contributed by atoms with Crippen molar-refractivity contribution in [2.24, 2.45) is 0 Å². The molecule has 0 atom stereocenters. The molecule has 0 bridgehead atoms. The molecule has 2 aromatic heterocycles. The van der Waals surface area contributed by atoms with Gasteiger partial charge in [0.1, 0.15) is 11.6 Å². The number of fused-ring (bicyclic) bond motifs is 5. The van der Waals surface area contributed by atoms with Gasteiger partial charge in [-0.15, -0.1) is 22.7 Å². The van der Waals surface area contributed by atoms with Gasteiger partial charge in [0, 0.05) is 20.2 Å². The Kier molecular flexibility index (Phi) is 2.44.